The van der Waals surface area contributed by atoms with Gasteiger partial charge in [0.1, 0.15) is 4.84 Å². The smallest absolute Gasteiger partial charge is 0.149 e. The first kappa shape index (κ1) is 12.3. The lowest BCUT2D eigenvalue weighted by Crippen LogP contribution is -1.92. The van der Waals surface area contributed by atoms with E-state index in [0.717, 1.165) is 16.5 Å². The average Bonchev–Trinajstić information content (AvgIpc) is 2.19. The van der Waals surface area contributed by atoms with Crippen molar-refractivity contribution in [3.05, 3.63) is 39.5 Å². The molecule has 0 N–H and O–H groups in total. The molecule has 0 aliphatic heterocycles. The number of pyridine rings is 1. The molecule has 0 aliphatic rings. The van der Waals surface area contributed by atoms with Crippen molar-refractivity contribution >= 4 is 57.3 Å². The number of aromatic nitrogens is 1. The average molecular weight is 295 g/mol. The molecule has 1 aromatic heterocycles. The highest BCUT2D eigenvalue weighted by atomic mass is 35.5. The Balaban J connectivity index is 2.82. The van der Waals surface area contributed by atoms with Gasteiger partial charge in [0.25, 0.3) is 0 Å². The van der Waals surface area contributed by atoms with Crippen LogP contribution in [0, 0.1) is 6.92 Å². The number of alkyl halides is 2. The Labute approximate surface area is 113 Å². The van der Waals surface area contributed by atoms with Crippen molar-refractivity contribution < 1.29 is 0 Å². The van der Waals surface area contributed by atoms with Gasteiger partial charge in [-0.1, -0.05) is 46.4 Å². The first-order chi connectivity index (χ1) is 7.49. The maximum Gasteiger partial charge on any atom is 0.149 e. The zero-order valence-corrected chi connectivity index (χ0v) is 11.3. The molecule has 0 saturated carbocycles. The van der Waals surface area contributed by atoms with Crippen molar-refractivity contribution in [2.45, 2.75) is 11.8 Å². The minimum absolute atomic E-state index is 0.547. The molecule has 0 spiro atoms. The molecule has 16 heavy (non-hydrogen) atoms. The lowest BCUT2D eigenvalue weighted by molar-refractivity contribution is 1.18. The molecule has 2 aromatic rings. The molecular formula is C11H7Cl4N. The van der Waals surface area contributed by atoms with Gasteiger partial charge in [0.15, 0.2) is 0 Å². The van der Waals surface area contributed by atoms with Crippen LogP contribution in [0.5, 0.6) is 0 Å². The predicted molar refractivity (Wildman–Crippen MR) is 70.9 cm³/mol. The zero-order valence-electron chi connectivity index (χ0n) is 8.27. The van der Waals surface area contributed by atoms with E-state index in [1.165, 1.54) is 0 Å². The molecule has 1 aromatic carbocycles. The quantitative estimate of drug-likeness (QED) is 0.648. The van der Waals surface area contributed by atoms with Gasteiger partial charge in [-0.25, -0.2) is 4.98 Å². The fourth-order valence-electron chi connectivity index (χ4n) is 1.55. The number of fused-ring (bicyclic) bond motifs is 1. The summed E-state index contributed by atoms with van der Waals surface area (Å²) in [6, 6.07) is 5.26. The van der Waals surface area contributed by atoms with Crippen molar-refractivity contribution in [1.29, 1.82) is 0 Å². The Morgan fingerprint density at radius 2 is 1.81 bits per heavy atom. The van der Waals surface area contributed by atoms with Gasteiger partial charge in [-0.15, -0.1) is 0 Å². The van der Waals surface area contributed by atoms with E-state index < -0.39 is 4.84 Å². The highest BCUT2D eigenvalue weighted by Crippen LogP contribution is 2.32. The molecule has 0 radical (unpaired) electrons. The molecule has 1 heterocycles. The Kier molecular flexibility index (Phi) is 3.50. The Morgan fingerprint density at radius 3 is 2.44 bits per heavy atom. The van der Waals surface area contributed by atoms with Crippen LogP contribution in [0.1, 0.15) is 16.1 Å². The molecule has 84 valence electrons. The van der Waals surface area contributed by atoms with Crippen molar-refractivity contribution in [2.24, 2.45) is 0 Å². The van der Waals surface area contributed by atoms with Crippen LogP contribution in [0.3, 0.4) is 0 Å². The Hall–Kier alpha value is -0.210. The van der Waals surface area contributed by atoms with Crippen LogP contribution in [0.25, 0.3) is 10.9 Å². The molecule has 5 heteroatoms. The number of hydrogen-bond acceptors (Lipinski definition) is 1. The normalized spacial score (nSPS) is 11.4. The summed E-state index contributed by atoms with van der Waals surface area (Å²) in [5.41, 5.74) is 2.27. The van der Waals surface area contributed by atoms with Gasteiger partial charge >= 0.3 is 0 Å². The Morgan fingerprint density at radius 1 is 1.12 bits per heavy atom. The lowest BCUT2D eigenvalue weighted by Gasteiger charge is -2.08. The molecule has 0 aliphatic carbocycles. The van der Waals surface area contributed by atoms with Gasteiger partial charge in [0.05, 0.1) is 16.2 Å². The first-order valence-corrected chi connectivity index (χ1v) is 6.16. The molecule has 0 bridgehead atoms. The first-order valence-electron chi connectivity index (χ1n) is 4.53. The lowest BCUT2D eigenvalue weighted by atomic mass is 10.1. The fraction of sp³-hybridized carbons (Fsp3) is 0.182. The second kappa shape index (κ2) is 4.58. The number of rotatable bonds is 1. The number of halogens is 4. The van der Waals surface area contributed by atoms with Crippen LogP contribution in [-0.4, -0.2) is 4.98 Å². The third-order valence-corrected chi connectivity index (χ3v) is 3.24. The SMILES string of the molecule is Cc1cc(Cl)cc2c(Cl)cc(C(Cl)Cl)nc12. The maximum absolute atomic E-state index is 6.13. The van der Waals surface area contributed by atoms with Gasteiger partial charge in [-0.2, -0.15) is 0 Å². The monoisotopic (exact) mass is 293 g/mol. The molecule has 0 unspecified atom stereocenters. The van der Waals surface area contributed by atoms with Gasteiger partial charge in [-0.3, -0.25) is 0 Å². The van der Waals surface area contributed by atoms with Crippen LogP contribution in [-0.2, 0) is 0 Å². The molecule has 0 atom stereocenters. The van der Waals surface area contributed by atoms with E-state index in [2.05, 4.69) is 4.98 Å². The summed E-state index contributed by atoms with van der Waals surface area (Å²) in [5.74, 6) is 0. The van der Waals surface area contributed by atoms with Crippen molar-refractivity contribution in [3.63, 3.8) is 0 Å². The Bertz CT molecular complexity index is 551. The molecule has 1 nitrogen and oxygen atoms in total. The minimum Gasteiger partial charge on any atom is -0.250 e. The molecule has 0 amide bonds. The van der Waals surface area contributed by atoms with E-state index in [1.54, 1.807) is 12.1 Å². The number of benzene rings is 1. The summed E-state index contributed by atoms with van der Waals surface area (Å²) < 4.78 is 0. The van der Waals surface area contributed by atoms with E-state index in [4.69, 9.17) is 46.4 Å². The summed E-state index contributed by atoms with van der Waals surface area (Å²) in [4.78, 5) is 3.69. The summed E-state index contributed by atoms with van der Waals surface area (Å²) in [7, 11) is 0. The predicted octanol–water partition coefficient (Wildman–Crippen LogP) is 5.33. The van der Waals surface area contributed by atoms with E-state index >= 15 is 0 Å². The van der Waals surface area contributed by atoms with E-state index in [1.807, 2.05) is 13.0 Å². The van der Waals surface area contributed by atoms with Crippen LogP contribution >= 0.6 is 46.4 Å². The topological polar surface area (TPSA) is 12.9 Å². The van der Waals surface area contributed by atoms with Gasteiger partial charge in [0, 0.05) is 10.4 Å². The third kappa shape index (κ3) is 2.23. The van der Waals surface area contributed by atoms with Crippen LogP contribution in [0.15, 0.2) is 18.2 Å². The summed E-state index contributed by atoms with van der Waals surface area (Å²) in [6.07, 6.45) is 0. The van der Waals surface area contributed by atoms with Crippen LogP contribution in [0.4, 0.5) is 0 Å². The van der Waals surface area contributed by atoms with Crippen LogP contribution < -0.4 is 0 Å². The number of aryl methyl sites for hydroxylation is 1. The van der Waals surface area contributed by atoms with Crippen molar-refractivity contribution in [1.82, 2.24) is 4.98 Å². The molecular weight excluding hydrogens is 288 g/mol. The molecule has 2 rings (SSSR count). The summed E-state index contributed by atoms with van der Waals surface area (Å²) in [6.45, 7) is 1.92. The second-order valence-electron chi connectivity index (χ2n) is 3.45. The largest absolute Gasteiger partial charge is 0.250 e. The van der Waals surface area contributed by atoms with E-state index in [0.29, 0.717) is 15.7 Å². The second-order valence-corrected chi connectivity index (χ2v) is 5.39. The third-order valence-electron chi connectivity index (χ3n) is 2.26. The standard InChI is InChI=1S/C11H7Cl4N/c1-5-2-6(12)3-7-8(13)4-9(11(14)15)16-10(5)7/h2-4,11H,1H3. The maximum atomic E-state index is 6.13. The summed E-state index contributed by atoms with van der Waals surface area (Å²) in [5, 5.41) is 2.00. The van der Waals surface area contributed by atoms with Crippen molar-refractivity contribution in [2.75, 3.05) is 0 Å². The molecule has 0 saturated heterocycles. The van der Waals surface area contributed by atoms with Gasteiger partial charge < -0.3 is 0 Å². The van der Waals surface area contributed by atoms with E-state index in [-0.39, 0.29) is 0 Å². The highest BCUT2D eigenvalue weighted by Gasteiger charge is 2.11. The van der Waals surface area contributed by atoms with Gasteiger partial charge in [0.2, 0.25) is 0 Å². The number of nitrogens with zero attached hydrogens (tertiary/aromatic N) is 1. The highest BCUT2D eigenvalue weighted by molar-refractivity contribution is 6.44. The number of hydrogen-bond donors (Lipinski definition) is 0. The van der Waals surface area contributed by atoms with Gasteiger partial charge in [-0.05, 0) is 30.7 Å². The minimum atomic E-state index is -0.683. The van der Waals surface area contributed by atoms with Crippen LogP contribution in [0.2, 0.25) is 10.0 Å². The zero-order chi connectivity index (χ0) is 11.9. The summed E-state index contributed by atoms with van der Waals surface area (Å²) >= 11 is 23.6. The fourth-order valence-corrected chi connectivity index (χ4v) is 2.30. The van der Waals surface area contributed by atoms with Crippen molar-refractivity contribution in [3.8, 4) is 0 Å². The molecule has 0 fully saturated rings. The van der Waals surface area contributed by atoms with E-state index in [9.17, 15) is 0 Å².